The Labute approximate surface area is 159 Å². The molecule has 0 aliphatic carbocycles. The highest BCUT2D eigenvalue weighted by atomic mass is 31.2. The Hall–Kier alpha value is 0.205. The van der Waals surface area contributed by atoms with Gasteiger partial charge in [0.05, 0.1) is 12.2 Å². The lowest BCUT2D eigenvalue weighted by Crippen LogP contribution is -2.51. The van der Waals surface area contributed by atoms with Gasteiger partial charge in [-0.05, 0) is 63.7 Å². The third kappa shape index (κ3) is 5.23. The predicted octanol–water partition coefficient (Wildman–Crippen LogP) is 0.976. The van der Waals surface area contributed by atoms with Gasteiger partial charge in [0, 0.05) is 13.1 Å². The van der Waals surface area contributed by atoms with Crippen LogP contribution in [0.1, 0.15) is 25.7 Å². The van der Waals surface area contributed by atoms with Gasteiger partial charge in [-0.1, -0.05) is 0 Å². The zero-order valence-corrected chi connectivity index (χ0v) is 16.9. The van der Waals surface area contributed by atoms with E-state index < -0.39 is 15.6 Å². The zero-order chi connectivity index (χ0) is 19.1. The minimum atomic E-state index is -4.43. The van der Waals surface area contributed by atoms with Crippen molar-refractivity contribution in [3.05, 3.63) is 0 Å². The first kappa shape index (κ1) is 20.5. The normalized spacial score (nSPS) is 42.4. The first-order valence-electron chi connectivity index (χ1n) is 9.45. The van der Waals surface area contributed by atoms with Crippen molar-refractivity contribution in [2.24, 2.45) is 11.8 Å². The van der Waals surface area contributed by atoms with E-state index in [1.807, 2.05) is 0 Å². The van der Waals surface area contributed by atoms with Gasteiger partial charge in [-0.3, -0.25) is 9.05 Å². The van der Waals surface area contributed by atoms with Crippen LogP contribution in [0.15, 0.2) is 0 Å². The number of piperidine rings is 6. The van der Waals surface area contributed by atoms with Crippen molar-refractivity contribution < 1.29 is 36.8 Å². The van der Waals surface area contributed by atoms with Gasteiger partial charge in [-0.25, -0.2) is 9.13 Å². The summed E-state index contributed by atoms with van der Waals surface area (Å²) in [4.78, 5) is 24.1. The maximum absolute atomic E-state index is 12.1. The Morgan fingerprint density at radius 3 is 1.41 bits per heavy atom. The molecule has 0 aromatic heterocycles. The van der Waals surface area contributed by atoms with E-state index in [0.717, 1.165) is 51.9 Å². The molecule has 6 fully saturated rings. The number of rotatable bonds is 8. The molecule has 27 heavy (non-hydrogen) atoms. The molecule has 10 nitrogen and oxygen atoms in total. The van der Waals surface area contributed by atoms with Gasteiger partial charge in [0.2, 0.25) is 0 Å². The van der Waals surface area contributed by atoms with E-state index in [4.69, 9.17) is 9.05 Å². The Bertz CT molecular complexity index is 574. The van der Waals surface area contributed by atoms with Gasteiger partial charge in [0.25, 0.3) is 0 Å². The van der Waals surface area contributed by atoms with Crippen LogP contribution in [0, 0.1) is 11.8 Å². The molecule has 0 aromatic carbocycles. The third-order valence-corrected chi connectivity index (χ3v) is 7.86. The highest BCUT2D eigenvalue weighted by molar-refractivity contribution is 7.50. The van der Waals surface area contributed by atoms with Crippen LogP contribution < -0.4 is 0 Å². The summed E-state index contributed by atoms with van der Waals surface area (Å²) >= 11 is 0. The molecule has 4 unspecified atom stereocenters. The van der Waals surface area contributed by atoms with Crippen LogP contribution in [-0.4, -0.2) is 78.7 Å². The van der Waals surface area contributed by atoms with Crippen LogP contribution in [0.25, 0.3) is 0 Å². The maximum Gasteiger partial charge on any atom is 0.505 e. The van der Waals surface area contributed by atoms with E-state index in [1.54, 1.807) is 0 Å². The molecule has 0 spiro atoms. The molecule has 6 heterocycles. The average molecular weight is 423 g/mol. The Morgan fingerprint density at radius 2 is 1.11 bits per heavy atom. The van der Waals surface area contributed by atoms with Gasteiger partial charge < -0.3 is 28.5 Å². The molecule has 153 valence electrons. The van der Waals surface area contributed by atoms with Crippen LogP contribution >= 0.6 is 15.6 Å². The molecular formula is C14H26BN2O8P2. The maximum atomic E-state index is 12.1. The number of hydrogen-bond donors (Lipinski definition) is 2. The summed E-state index contributed by atoms with van der Waals surface area (Å²) in [6.07, 6.45) is 2.91. The van der Waals surface area contributed by atoms with Crippen LogP contribution in [-0.2, 0) is 27.1 Å². The van der Waals surface area contributed by atoms with E-state index in [9.17, 15) is 18.9 Å². The van der Waals surface area contributed by atoms with Crippen LogP contribution in [0.3, 0.4) is 0 Å². The SMILES string of the molecule is O=P(O)(O[B]OP(=O)(O)OC1CN2CCC1CC2)OC1CN2CCC1CC2. The second-order valence-electron chi connectivity index (χ2n) is 7.81. The third-order valence-electron chi connectivity index (χ3n) is 6.08. The number of phosphoric ester groups is 2. The van der Waals surface area contributed by atoms with Crippen LogP contribution in [0.5, 0.6) is 0 Å². The summed E-state index contributed by atoms with van der Waals surface area (Å²) in [6, 6.07) is 0. The van der Waals surface area contributed by atoms with Crippen molar-refractivity contribution >= 4 is 23.3 Å². The monoisotopic (exact) mass is 423 g/mol. The number of nitrogens with zero attached hydrogens (tertiary/aromatic N) is 2. The largest absolute Gasteiger partial charge is 0.505 e. The molecular weight excluding hydrogens is 397 g/mol. The molecule has 2 N–H and O–H groups in total. The van der Waals surface area contributed by atoms with Crippen molar-refractivity contribution in [2.75, 3.05) is 39.3 Å². The molecule has 4 atom stereocenters. The molecule has 0 aromatic rings. The number of hydrogen-bond acceptors (Lipinski definition) is 8. The first-order valence-corrected chi connectivity index (χ1v) is 12.4. The molecule has 6 aliphatic heterocycles. The first-order chi connectivity index (χ1) is 12.8. The fourth-order valence-corrected chi connectivity index (χ4v) is 6.21. The lowest BCUT2D eigenvalue weighted by atomic mass is 9.86. The molecule has 6 saturated heterocycles. The average Bonchev–Trinajstić information content (AvgIpc) is 2.62. The van der Waals surface area contributed by atoms with E-state index in [2.05, 4.69) is 18.7 Å². The fraction of sp³-hybridized carbons (Fsp3) is 1.00. The standard InChI is InChI=1S/C14H26BN2O8P2/c18-26(19,22-13-9-16-5-1-11(13)2-6-16)24-15-25-27(20,21)23-14-10-17-7-3-12(14)4-8-17/h11-14H,1-10H2,(H,18,19)(H,20,21). The van der Waals surface area contributed by atoms with E-state index >= 15 is 0 Å². The van der Waals surface area contributed by atoms with Crippen LogP contribution in [0.2, 0.25) is 0 Å². The van der Waals surface area contributed by atoms with Gasteiger partial charge in [0.15, 0.2) is 0 Å². The Balaban J connectivity index is 1.22. The van der Waals surface area contributed by atoms with Crippen molar-refractivity contribution in [3.8, 4) is 0 Å². The highest BCUT2D eigenvalue weighted by Gasteiger charge is 2.41. The number of phosphoric acid groups is 2. The summed E-state index contributed by atoms with van der Waals surface area (Å²) in [6.45, 7) is 5.06. The summed E-state index contributed by atoms with van der Waals surface area (Å²) < 4.78 is 43.9. The van der Waals surface area contributed by atoms with Gasteiger partial charge in [-0.2, -0.15) is 0 Å². The van der Waals surface area contributed by atoms with Crippen LogP contribution in [0.4, 0.5) is 0 Å². The van der Waals surface area contributed by atoms with Gasteiger partial charge in [-0.15, -0.1) is 0 Å². The molecule has 6 rings (SSSR count). The van der Waals surface area contributed by atoms with Crippen molar-refractivity contribution in [1.29, 1.82) is 0 Å². The topological polar surface area (TPSA) is 118 Å². The Morgan fingerprint density at radius 1 is 0.741 bits per heavy atom. The van der Waals surface area contributed by atoms with Crippen molar-refractivity contribution in [2.45, 2.75) is 37.9 Å². The summed E-state index contributed by atoms with van der Waals surface area (Å²) in [5.74, 6) is 0.452. The second-order valence-corrected chi connectivity index (χ2v) is 10.5. The number of fused-ring (bicyclic) bond motifs is 6. The molecule has 6 aliphatic rings. The Kier molecular flexibility index (Phi) is 6.18. The summed E-state index contributed by atoms with van der Waals surface area (Å²) in [5.41, 5.74) is 0. The molecule has 4 bridgehead atoms. The quantitative estimate of drug-likeness (QED) is 0.432. The highest BCUT2D eigenvalue weighted by Crippen LogP contribution is 2.51. The molecule has 0 saturated carbocycles. The summed E-state index contributed by atoms with van der Waals surface area (Å²) in [7, 11) is -8.47. The summed E-state index contributed by atoms with van der Waals surface area (Å²) in [5, 5.41) is 0. The lowest BCUT2D eigenvalue weighted by Gasteiger charge is -2.44. The fourth-order valence-electron chi connectivity index (χ4n) is 4.58. The minimum absolute atomic E-state index is 0.226. The molecule has 13 heteroatoms. The molecule has 0 amide bonds. The van der Waals surface area contributed by atoms with Crippen molar-refractivity contribution in [3.63, 3.8) is 0 Å². The van der Waals surface area contributed by atoms with Crippen molar-refractivity contribution in [1.82, 2.24) is 9.80 Å². The second kappa shape index (κ2) is 8.15. The predicted molar refractivity (Wildman–Crippen MR) is 95.6 cm³/mol. The van der Waals surface area contributed by atoms with Gasteiger partial charge >= 0.3 is 23.3 Å². The zero-order valence-electron chi connectivity index (χ0n) is 15.1. The van der Waals surface area contributed by atoms with Gasteiger partial charge in [0.1, 0.15) is 0 Å². The van der Waals surface area contributed by atoms with E-state index in [-0.39, 0.29) is 24.0 Å². The minimum Gasteiger partial charge on any atom is -0.319 e. The van der Waals surface area contributed by atoms with E-state index in [1.165, 1.54) is 0 Å². The smallest absolute Gasteiger partial charge is 0.319 e. The lowest BCUT2D eigenvalue weighted by molar-refractivity contribution is -0.0233. The van der Waals surface area contributed by atoms with E-state index in [0.29, 0.717) is 20.8 Å². The molecule has 1 radical (unpaired) electrons.